The number of pyridine rings is 1. The fraction of sp³-hybridized carbons (Fsp3) is 0.351. The zero-order valence-corrected chi connectivity index (χ0v) is 27.3. The number of amides is 2. The van der Waals surface area contributed by atoms with Gasteiger partial charge < -0.3 is 25.2 Å². The Morgan fingerprint density at radius 2 is 1.67 bits per heavy atom. The van der Waals surface area contributed by atoms with Crippen molar-refractivity contribution in [2.75, 3.05) is 25.5 Å². The zero-order valence-electron chi connectivity index (χ0n) is 27.3. The summed E-state index contributed by atoms with van der Waals surface area (Å²) >= 11 is 0. The van der Waals surface area contributed by atoms with Gasteiger partial charge in [0.25, 0.3) is 5.91 Å². The van der Waals surface area contributed by atoms with E-state index in [1.54, 1.807) is 36.4 Å². The zero-order chi connectivity index (χ0) is 34.9. The highest BCUT2D eigenvalue weighted by Gasteiger charge is 2.42. The minimum atomic E-state index is -4.49. The summed E-state index contributed by atoms with van der Waals surface area (Å²) in [7, 11) is 3.80. The van der Waals surface area contributed by atoms with E-state index in [9.17, 15) is 27.6 Å². The van der Waals surface area contributed by atoms with Crippen LogP contribution in [0, 0.1) is 0 Å². The maximum Gasteiger partial charge on any atom is 0.417 e. The van der Waals surface area contributed by atoms with Crippen LogP contribution < -0.4 is 10.6 Å². The molecule has 2 aromatic heterocycles. The third-order valence-corrected chi connectivity index (χ3v) is 9.81. The standard InChI is InChI=1S/C37H38F3N5O4/c1-44-19-17-36(18-20-44,35(49)42-27-12-7-23(8-13-27)9-16-31(46)47)43-34(48)25-10-14-28-30(21-25)45(2)33(32(28)24-5-3-4-6-24)29-15-11-26(22-41-29)37(38,39)40/h7-16,21-22,24H,3-6,17-20H2,1-2H3,(H,42,49)(H,43,48)(H,46,47)/b16-9+. The van der Waals surface area contributed by atoms with Crippen LogP contribution in [-0.2, 0) is 22.8 Å². The molecule has 1 aliphatic heterocycles. The Hall–Kier alpha value is -4.97. The number of aromatic nitrogens is 2. The molecule has 2 aromatic carbocycles. The van der Waals surface area contributed by atoms with Gasteiger partial charge in [0.15, 0.2) is 0 Å². The second-order valence-corrected chi connectivity index (χ2v) is 13.1. The summed E-state index contributed by atoms with van der Waals surface area (Å²) < 4.78 is 41.9. The summed E-state index contributed by atoms with van der Waals surface area (Å²) in [6.07, 6.45) is 3.69. The van der Waals surface area contributed by atoms with E-state index in [1.807, 2.05) is 24.7 Å². The van der Waals surface area contributed by atoms with Gasteiger partial charge in [-0.25, -0.2) is 4.79 Å². The van der Waals surface area contributed by atoms with E-state index >= 15 is 0 Å². The number of halogens is 3. The molecule has 49 heavy (non-hydrogen) atoms. The number of carbonyl (C=O) groups excluding carboxylic acids is 2. The molecule has 2 amide bonds. The maximum atomic E-state index is 13.9. The summed E-state index contributed by atoms with van der Waals surface area (Å²) in [4.78, 5) is 45.0. The van der Waals surface area contributed by atoms with Gasteiger partial charge in [0.2, 0.25) is 5.91 Å². The average Bonchev–Trinajstić information content (AvgIpc) is 3.71. The van der Waals surface area contributed by atoms with Crippen LogP contribution in [0.1, 0.15) is 71.5 Å². The Morgan fingerprint density at radius 3 is 2.29 bits per heavy atom. The van der Waals surface area contributed by atoms with Crippen molar-refractivity contribution in [1.82, 2.24) is 19.8 Å². The van der Waals surface area contributed by atoms with Crippen molar-refractivity contribution < 1.29 is 32.7 Å². The molecule has 0 unspecified atom stereocenters. The van der Waals surface area contributed by atoms with Crippen molar-refractivity contribution in [3.05, 3.63) is 89.1 Å². The highest BCUT2D eigenvalue weighted by Crippen LogP contribution is 2.44. The predicted octanol–water partition coefficient (Wildman–Crippen LogP) is 6.85. The van der Waals surface area contributed by atoms with Crippen molar-refractivity contribution in [3.8, 4) is 11.4 Å². The molecular formula is C37H38F3N5O4. The maximum absolute atomic E-state index is 13.9. The van der Waals surface area contributed by atoms with Crippen molar-refractivity contribution in [2.45, 2.75) is 56.2 Å². The summed E-state index contributed by atoms with van der Waals surface area (Å²) in [5.74, 6) is -1.60. The van der Waals surface area contributed by atoms with Crippen LogP contribution >= 0.6 is 0 Å². The van der Waals surface area contributed by atoms with E-state index in [2.05, 4.69) is 20.5 Å². The van der Waals surface area contributed by atoms with Crippen LogP contribution in [0.15, 0.2) is 66.9 Å². The first-order chi connectivity index (χ1) is 23.3. The Labute approximate surface area is 281 Å². The molecule has 1 saturated heterocycles. The number of nitrogens with zero attached hydrogens (tertiary/aromatic N) is 3. The molecule has 9 nitrogen and oxygen atoms in total. The molecule has 1 saturated carbocycles. The number of fused-ring (bicyclic) bond motifs is 1. The molecule has 3 heterocycles. The Bertz CT molecular complexity index is 1900. The normalized spacial score (nSPS) is 17.1. The van der Waals surface area contributed by atoms with E-state index in [1.165, 1.54) is 12.1 Å². The van der Waals surface area contributed by atoms with Crippen molar-refractivity contribution in [1.29, 1.82) is 0 Å². The van der Waals surface area contributed by atoms with E-state index in [0.717, 1.165) is 66.2 Å². The van der Waals surface area contributed by atoms with Crippen LogP contribution in [-0.4, -0.2) is 63.0 Å². The SMILES string of the molecule is CN1CCC(NC(=O)c2ccc3c(C4CCCC4)c(-c4ccc(C(F)(F)F)cn4)n(C)c3c2)(C(=O)Nc2ccc(/C=C/C(=O)O)cc2)CC1. The Kier molecular flexibility index (Phi) is 9.35. The molecule has 0 bridgehead atoms. The lowest BCUT2D eigenvalue weighted by Gasteiger charge is -2.40. The van der Waals surface area contributed by atoms with Crippen molar-refractivity contribution >= 4 is 40.4 Å². The highest BCUT2D eigenvalue weighted by molar-refractivity contribution is 6.05. The number of hydrogen-bond acceptors (Lipinski definition) is 5. The molecule has 0 spiro atoms. The minimum Gasteiger partial charge on any atom is -0.478 e. The molecule has 6 rings (SSSR count). The molecule has 1 aliphatic carbocycles. The minimum absolute atomic E-state index is 0.218. The molecule has 0 radical (unpaired) electrons. The molecule has 4 aromatic rings. The van der Waals surface area contributed by atoms with Crippen molar-refractivity contribution in [3.63, 3.8) is 0 Å². The lowest BCUT2D eigenvalue weighted by atomic mass is 9.86. The summed E-state index contributed by atoms with van der Waals surface area (Å²) in [6.45, 7) is 1.19. The first kappa shape index (κ1) is 33.9. The fourth-order valence-corrected chi connectivity index (χ4v) is 7.04. The number of carboxylic acids is 1. The molecule has 2 fully saturated rings. The first-order valence-electron chi connectivity index (χ1n) is 16.3. The van der Waals surface area contributed by atoms with E-state index in [4.69, 9.17) is 5.11 Å². The van der Waals surface area contributed by atoms with E-state index in [-0.39, 0.29) is 11.8 Å². The number of aliphatic carboxylic acids is 1. The number of carboxylic acid groups (broad SMARTS) is 1. The smallest absolute Gasteiger partial charge is 0.417 e. The lowest BCUT2D eigenvalue weighted by Crippen LogP contribution is -2.61. The van der Waals surface area contributed by atoms with Gasteiger partial charge in [-0.3, -0.25) is 14.6 Å². The summed E-state index contributed by atoms with van der Waals surface area (Å²) in [6, 6.07) is 14.6. The third-order valence-electron chi connectivity index (χ3n) is 9.81. The van der Waals surface area contributed by atoms with Gasteiger partial charge in [-0.05, 0) is 92.2 Å². The van der Waals surface area contributed by atoms with Gasteiger partial charge >= 0.3 is 12.1 Å². The number of carbonyl (C=O) groups is 3. The first-order valence-corrected chi connectivity index (χ1v) is 16.3. The summed E-state index contributed by atoms with van der Waals surface area (Å²) in [5.41, 5.74) is 2.50. The van der Waals surface area contributed by atoms with E-state index in [0.29, 0.717) is 48.4 Å². The number of likely N-dealkylation sites (tertiary alicyclic amines) is 1. The molecule has 256 valence electrons. The number of alkyl halides is 3. The Balaban J connectivity index is 1.31. The quantitative estimate of drug-likeness (QED) is 0.176. The van der Waals surface area contributed by atoms with Crippen molar-refractivity contribution in [2.24, 2.45) is 7.05 Å². The monoisotopic (exact) mass is 673 g/mol. The summed E-state index contributed by atoms with van der Waals surface area (Å²) in [5, 5.41) is 15.8. The van der Waals surface area contributed by atoms with Gasteiger partial charge in [0, 0.05) is 54.6 Å². The number of hydrogen-bond donors (Lipinski definition) is 3. The Morgan fingerprint density at radius 1 is 0.980 bits per heavy atom. The van der Waals surface area contributed by atoms with Gasteiger partial charge in [-0.2, -0.15) is 13.2 Å². The highest BCUT2D eigenvalue weighted by atomic mass is 19.4. The number of rotatable bonds is 8. The number of anilines is 1. The number of piperidine rings is 1. The molecular weight excluding hydrogens is 635 g/mol. The van der Waals surface area contributed by atoms with Gasteiger partial charge in [-0.1, -0.05) is 31.0 Å². The number of benzene rings is 2. The molecule has 2 aliphatic rings. The number of nitrogens with one attached hydrogen (secondary N) is 2. The second kappa shape index (κ2) is 13.5. The predicted molar refractivity (Wildman–Crippen MR) is 181 cm³/mol. The van der Waals surface area contributed by atoms with Crippen LogP contribution in [0.2, 0.25) is 0 Å². The van der Waals surface area contributed by atoms with E-state index < -0.39 is 29.2 Å². The van der Waals surface area contributed by atoms with Crippen LogP contribution in [0.5, 0.6) is 0 Å². The lowest BCUT2D eigenvalue weighted by molar-refractivity contribution is -0.138. The topological polar surface area (TPSA) is 117 Å². The van der Waals surface area contributed by atoms with Gasteiger partial charge in [0.05, 0.1) is 17.0 Å². The molecule has 12 heteroatoms. The third kappa shape index (κ3) is 7.10. The molecule has 0 atom stereocenters. The number of aryl methyl sites for hydroxylation is 1. The van der Waals surface area contributed by atoms with Crippen LogP contribution in [0.25, 0.3) is 28.4 Å². The largest absolute Gasteiger partial charge is 0.478 e. The van der Waals surface area contributed by atoms with Gasteiger partial charge in [0.1, 0.15) is 5.54 Å². The fourth-order valence-electron chi connectivity index (χ4n) is 7.04. The second-order valence-electron chi connectivity index (χ2n) is 13.1. The van der Waals surface area contributed by atoms with Gasteiger partial charge in [-0.15, -0.1) is 0 Å². The average molecular weight is 674 g/mol. The molecule has 3 N–H and O–H groups in total. The van der Waals surface area contributed by atoms with Crippen LogP contribution in [0.4, 0.5) is 18.9 Å². The van der Waals surface area contributed by atoms with Crippen LogP contribution in [0.3, 0.4) is 0 Å².